The molecular weight excluding hydrogens is 252 g/mol. The number of likely N-dealkylation sites (tertiary alicyclic amines) is 1. The third-order valence-electron chi connectivity index (χ3n) is 4.29. The van der Waals surface area contributed by atoms with Crippen LogP contribution in [0.1, 0.15) is 24.6 Å². The molecule has 5 nitrogen and oxygen atoms in total. The van der Waals surface area contributed by atoms with Gasteiger partial charge in [0, 0.05) is 26.2 Å². The van der Waals surface area contributed by atoms with Crippen LogP contribution in [0.5, 0.6) is 0 Å². The van der Waals surface area contributed by atoms with E-state index < -0.39 is 5.60 Å². The number of aliphatic hydroxyl groups is 1. The quantitative estimate of drug-likeness (QED) is 0.915. The molecule has 0 aliphatic carbocycles. The van der Waals surface area contributed by atoms with Crippen LogP contribution in [0.3, 0.4) is 0 Å². The average Bonchev–Trinajstić information content (AvgIpc) is 3.00. The predicted molar refractivity (Wildman–Crippen MR) is 75.8 cm³/mol. The predicted octanol–water partition coefficient (Wildman–Crippen LogP) is 1.30. The molecule has 3 rings (SSSR count). The fraction of sp³-hybridized carbons (Fsp3) is 0.467. The van der Waals surface area contributed by atoms with Gasteiger partial charge in [0.15, 0.2) is 0 Å². The van der Waals surface area contributed by atoms with E-state index in [2.05, 4.69) is 34.3 Å². The second kappa shape index (κ2) is 5.00. The fourth-order valence-corrected chi connectivity index (χ4v) is 2.94. The Morgan fingerprint density at radius 2 is 2.10 bits per heavy atom. The van der Waals surface area contributed by atoms with Crippen LogP contribution in [0, 0.1) is 0 Å². The summed E-state index contributed by atoms with van der Waals surface area (Å²) in [5.74, 6) is 0. The first kappa shape index (κ1) is 13.3. The lowest BCUT2D eigenvalue weighted by Gasteiger charge is -2.29. The third-order valence-corrected chi connectivity index (χ3v) is 4.29. The lowest BCUT2D eigenvalue weighted by Crippen LogP contribution is -2.40. The van der Waals surface area contributed by atoms with Crippen LogP contribution in [-0.2, 0) is 19.2 Å². The summed E-state index contributed by atoms with van der Waals surface area (Å²) in [5, 5.41) is 19.0. The molecule has 1 N–H and O–H groups in total. The molecule has 0 radical (unpaired) electrons. The number of aromatic nitrogens is 3. The molecule has 106 valence electrons. The van der Waals surface area contributed by atoms with Gasteiger partial charge < -0.3 is 5.11 Å². The summed E-state index contributed by atoms with van der Waals surface area (Å²) in [7, 11) is 1.82. The van der Waals surface area contributed by atoms with Gasteiger partial charge in [-0.2, -0.15) is 0 Å². The summed E-state index contributed by atoms with van der Waals surface area (Å²) < 4.78 is 1.64. The van der Waals surface area contributed by atoms with Gasteiger partial charge in [-0.05, 0) is 18.9 Å². The molecule has 1 fully saturated rings. The van der Waals surface area contributed by atoms with Gasteiger partial charge >= 0.3 is 0 Å². The van der Waals surface area contributed by atoms with Gasteiger partial charge in [-0.25, -0.2) is 0 Å². The van der Waals surface area contributed by atoms with E-state index in [9.17, 15) is 5.11 Å². The Morgan fingerprint density at radius 3 is 2.75 bits per heavy atom. The van der Waals surface area contributed by atoms with Crippen LogP contribution in [-0.4, -0.2) is 37.6 Å². The van der Waals surface area contributed by atoms with Gasteiger partial charge in [-0.1, -0.05) is 35.5 Å². The lowest BCUT2D eigenvalue weighted by atomic mass is 9.92. The first-order chi connectivity index (χ1) is 9.59. The van der Waals surface area contributed by atoms with Crippen molar-refractivity contribution in [1.29, 1.82) is 0 Å². The van der Waals surface area contributed by atoms with Crippen molar-refractivity contribution in [3.05, 3.63) is 47.8 Å². The molecule has 2 heterocycles. The van der Waals surface area contributed by atoms with E-state index in [1.165, 1.54) is 5.56 Å². The zero-order valence-corrected chi connectivity index (χ0v) is 11.9. The summed E-state index contributed by atoms with van der Waals surface area (Å²) in [5.41, 5.74) is 1.04. The molecule has 0 bridgehead atoms. The number of hydrogen-bond donors (Lipinski definition) is 1. The van der Waals surface area contributed by atoms with Crippen molar-refractivity contribution in [2.24, 2.45) is 7.05 Å². The number of rotatable bonds is 3. The highest BCUT2D eigenvalue weighted by molar-refractivity contribution is 5.18. The molecule has 1 saturated heterocycles. The van der Waals surface area contributed by atoms with Gasteiger partial charge in [-0.3, -0.25) is 9.58 Å². The SMILES string of the molecule is CC1N(Cc2ccccc2)CCC1(O)c1cn(C)nn1. The molecule has 1 aromatic heterocycles. The van der Waals surface area contributed by atoms with E-state index in [-0.39, 0.29) is 6.04 Å². The highest BCUT2D eigenvalue weighted by atomic mass is 16.3. The van der Waals surface area contributed by atoms with Crippen molar-refractivity contribution >= 4 is 0 Å². The largest absolute Gasteiger partial charge is 0.382 e. The summed E-state index contributed by atoms with van der Waals surface area (Å²) >= 11 is 0. The minimum atomic E-state index is -0.900. The van der Waals surface area contributed by atoms with Crippen molar-refractivity contribution in [3.8, 4) is 0 Å². The van der Waals surface area contributed by atoms with Crippen LogP contribution in [0.25, 0.3) is 0 Å². The molecule has 5 heteroatoms. The highest BCUT2D eigenvalue weighted by Gasteiger charge is 2.46. The highest BCUT2D eigenvalue weighted by Crippen LogP contribution is 2.37. The fourth-order valence-electron chi connectivity index (χ4n) is 2.94. The molecular formula is C15H20N4O. The summed E-state index contributed by atoms with van der Waals surface area (Å²) in [4.78, 5) is 2.30. The molecule has 20 heavy (non-hydrogen) atoms. The van der Waals surface area contributed by atoms with Crippen LogP contribution < -0.4 is 0 Å². The van der Waals surface area contributed by atoms with Crippen molar-refractivity contribution in [1.82, 2.24) is 19.9 Å². The Morgan fingerprint density at radius 1 is 1.35 bits per heavy atom. The zero-order valence-electron chi connectivity index (χ0n) is 11.9. The monoisotopic (exact) mass is 272 g/mol. The molecule has 2 aromatic rings. The second-order valence-electron chi connectivity index (χ2n) is 5.58. The molecule has 1 aromatic carbocycles. The Labute approximate surface area is 118 Å². The first-order valence-electron chi connectivity index (χ1n) is 6.97. The second-order valence-corrected chi connectivity index (χ2v) is 5.58. The molecule has 2 atom stereocenters. The van der Waals surface area contributed by atoms with E-state index in [0.29, 0.717) is 12.1 Å². The Bertz CT molecular complexity index is 583. The Hall–Kier alpha value is -1.72. The normalized spacial score (nSPS) is 27.1. The van der Waals surface area contributed by atoms with E-state index in [0.717, 1.165) is 13.1 Å². The van der Waals surface area contributed by atoms with Crippen molar-refractivity contribution in [2.45, 2.75) is 31.5 Å². The maximum atomic E-state index is 10.9. The van der Waals surface area contributed by atoms with Gasteiger partial charge in [0.1, 0.15) is 11.3 Å². The maximum Gasteiger partial charge on any atom is 0.126 e. The van der Waals surface area contributed by atoms with Gasteiger partial charge in [-0.15, -0.1) is 5.10 Å². The minimum absolute atomic E-state index is 0.0272. The number of hydrogen-bond acceptors (Lipinski definition) is 4. The summed E-state index contributed by atoms with van der Waals surface area (Å²) in [6.07, 6.45) is 2.50. The topological polar surface area (TPSA) is 54.2 Å². The zero-order chi connectivity index (χ0) is 14.2. The number of benzene rings is 1. The van der Waals surface area contributed by atoms with Crippen LogP contribution in [0.15, 0.2) is 36.5 Å². The molecule has 0 amide bonds. The van der Waals surface area contributed by atoms with E-state index in [4.69, 9.17) is 0 Å². The van der Waals surface area contributed by atoms with Gasteiger partial charge in [0.25, 0.3) is 0 Å². The molecule has 0 saturated carbocycles. The molecule has 0 spiro atoms. The van der Waals surface area contributed by atoms with Crippen LogP contribution in [0.4, 0.5) is 0 Å². The molecule has 1 aliphatic rings. The summed E-state index contributed by atoms with van der Waals surface area (Å²) in [6.45, 7) is 3.78. The standard InChI is InChI=1S/C15H20N4O/c1-12-15(20,14-11-18(2)17-16-14)8-9-19(12)10-13-6-4-3-5-7-13/h3-7,11-12,20H,8-10H2,1-2H3. The maximum absolute atomic E-state index is 10.9. The number of nitrogens with zero attached hydrogens (tertiary/aromatic N) is 4. The Kier molecular flexibility index (Phi) is 3.31. The average molecular weight is 272 g/mol. The number of aryl methyl sites for hydroxylation is 1. The van der Waals surface area contributed by atoms with Crippen molar-refractivity contribution < 1.29 is 5.11 Å². The minimum Gasteiger partial charge on any atom is -0.382 e. The van der Waals surface area contributed by atoms with E-state index >= 15 is 0 Å². The van der Waals surface area contributed by atoms with E-state index in [1.54, 1.807) is 4.68 Å². The molecule has 2 unspecified atom stereocenters. The lowest BCUT2D eigenvalue weighted by molar-refractivity contribution is 0.000798. The molecule has 1 aliphatic heterocycles. The van der Waals surface area contributed by atoms with Crippen LogP contribution >= 0.6 is 0 Å². The van der Waals surface area contributed by atoms with Crippen LogP contribution in [0.2, 0.25) is 0 Å². The van der Waals surface area contributed by atoms with Crippen molar-refractivity contribution in [3.63, 3.8) is 0 Å². The van der Waals surface area contributed by atoms with Gasteiger partial charge in [0.05, 0.1) is 6.20 Å². The smallest absolute Gasteiger partial charge is 0.126 e. The van der Waals surface area contributed by atoms with Crippen molar-refractivity contribution in [2.75, 3.05) is 6.54 Å². The van der Waals surface area contributed by atoms with E-state index in [1.807, 2.05) is 31.4 Å². The summed E-state index contributed by atoms with van der Waals surface area (Å²) in [6, 6.07) is 10.4. The Balaban J connectivity index is 1.78. The van der Waals surface area contributed by atoms with Gasteiger partial charge in [0.2, 0.25) is 0 Å². The first-order valence-corrected chi connectivity index (χ1v) is 6.97. The third kappa shape index (κ3) is 2.23.